The highest BCUT2D eigenvalue weighted by atomic mass is 16.1. The van der Waals surface area contributed by atoms with Crippen molar-refractivity contribution in [2.75, 3.05) is 11.1 Å². The Morgan fingerprint density at radius 1 is 1.10 bits per heavy atom. The van der Waals surface area contributed by atoms with Gasteiger partial charge in [0.15, 0.2) is 0 Å². The van der Waals surface area contributed by atoms with Crippen molar-refractivity contribution in [1.82, 2.24) is 19.5 Å². The maximum Gasteiger partial charge on any atom is 0.266 e. The third kappa shape index (κ3) is 3.28. The standard InChI is InChI=1S/C22H21N7O/c1-13-6-3-4-9-17(13)29-18(11-25-21-15(10-23)20(24)26-12-27-21)28-16-8-5-7-14(2)19(16)22(29)30/h3-10,12,23H,11H2,1-2H3,(H3,24,25,26,27). The number of fused-ring (bicyclic) bond motifs is 1. The fourth-order valence-electron chi connectivity index (χ4n) is 3.48. The Bertz CT molecular complexity index is 1330. The van der Waals surface area contributed by atoms with Crippen LogP contribution in [0.5, 0.6) is 0 Å². The summed E-state index contributed by atoms with van der Waals surface area (Å²) >= 11 is 0. The van der Waals surface area contributed by atoms with Crippen LogP contribution in [0.1, 0.15) is 22.5 Å². The number of nitrogen functional groups attached to an aromatic ring is 1. The lowest BCUT2D eigenvalue weighted by molar-refractivity contribution is 0.830. The van der Waals surface area contributed by atoms with Gasteiger partial charge in [0.25, 0.3) is 5.56 Å². The highest BCUT2D eigenvalue weighted by Crippen LogP contribution is 2.20. The van der Waals surface area contributed by atoms with E-state index in [2.05, 4.69) is 15.3 Å². The lowest BCUT2D eigenvalue weighted by Crippen LogP contribution is -2.26. The Morgan fingerprint density at radius 2 is 1.87 bits per heavy atom. The van der Waals surface area contributed by atoms with Crippen LogP contribution in [0.2, 0.25) is 0 Å². The number of aromatic nitrogens is 4. The molecule has 8 heteroatoms. The van der Waals surface area contributed by atoms with Crippen LogP contribution in [0.25, 0.3) is 16.6 Å². The monoisotopic (exact) mass is 399 g/mol. The molecule has 4 N–H and O–H groups in total. The van der Waals surface area contributed by atoms with E-state index in [0.29, 0.717) is 28.1 Å². The summed E-state index contributed by atoms with van der Waals surface area (Å²) in [6.07, 6.45) is 2.43. The summed E-state index contributed by atoms with van der Waals surface area (Å²) in [5.41, 5.74) is 9.35. The molecule has 0 spiro atoms. The van der Waals surface area contributed by atoms with Gasteiger partial charge in [0.1, 0.15) is 23.8 Å². The second-order valence-corrected chi connectivity index (χ2v) is 6.94. The molecule has 0 saturated carbocycles. The first-order chi connectivity index (χ1) is 14.5. The van der Waals surface area contributed by atoms with Crippen LogP contribution >= 0.6 is 0 Å². The maximum atomic E-state index is 13.5. The van der Waals surface area contributed by atoms with Crippen LogP contribution in [0.4, 0.5) is 11.6 Å². The quantitative estimate of drug-likeness (QED) is 0.443. The van der Waals surface area contributed by atoms with Gasteiger partial charge in [-0.05, 0) is 37.1 Å². The summed E-state index contributed by atoms with van der Waals surface area (Å²) < 4.78 is 1.63. The van der Waals surface area contributed by atoms with Gasteiger partial charge in [0, 0.05) is 6.21 Å². The van der Waals surface area contributed by atoms with Crippen LogP contribution in [0, 0.1) is 19.3 Å². The van der Waals surface area contributed by atoms with Gasteiger partial charge < -0.3 is 16.5 Å². The first kappa shape index (κ1) is 19.3. The molecule has 150 valence electrons. The van der Waals surface area contributed by atoms with E-state index in [1.807, 2.05) is 56.3 Å². The maximum absolute atomic E-state index is 13.5. The number of nitrogens with zero attached hydrogens (tertiary/aromatic N) is 4. The van der Waals surface area contributed by atoms with Crippen LogP contribution < -0.4 is 16.6 Å². The van der Waals surface area contributed by atoms with Crippen molar-refractivity contribution in [1.29, 1.82) is 5.41 Å². The highest BCUT2D eigenvalue weighted by molar-refractivity contribution is 5.89. The van der Waals surface area contributed by atoms with Crippen molar-refractivity contribution in [3.05, 3.63) is 81.7 Å². The smallest absolute Gasteiger partial charge is 0.266 e. The largest absolute Gasteiger partial charge is 0.383 e. The van der Waals surface area contributed by atoms with Crippen LogP contribution in [0.3, 0.4) is 0 Å². The summed E-state index contributed by atoms with van der Waals surface area (Å²) in [7, 11) is 0. The second-order valence-electron chi connectivity index (χ2n) is 6.94. The van der Waals surface area contributed by atoms with Crippen molar-refractivity contribution in [3.8, 4) is 5.69 Å². The molecule has 0 bridgehead atoms. The van der Waals surface area contributed by atoms with E-state index >= 15 is 0 Å². The number of hydrogen-bond donors (Lipinski definition) is 3. The molecule has 4 rings (SSSR count). The minimum Gasteiger partial charge on any atom is -0.383 e. The Kier molecular flexibility index (Phi) is 4.97. The normalized spacial score (nSPS) is 10.9. The number of hydrogen-bond acceptors (Lipinski definition) is 7. The second kappa shape index (κ2) is 7.75. The number of para-hydroxylation sites is 1. The fourth-order valence-corrected chi connectivity index (χ4v) is 3.48. The summed E-state index contributed by atoms with van der Waals surface area (Å²) in [5.74, 6) is 1.15. The van der Waals surface area contributed by atoms with Gasteiger partial charge in [-0.3, -0.25) is 9.36 Å². The molecule has 2 aromatic carbocycles. The molecule has 0 aliphatic carbocycles. The van der Waals surface area contributed by atoms with Crippen molar-refractivity contribution in [2.24, 2.45) is 0 Å². The lowest BCUT2D eigenvalue weighted by Gasteiger charge is -2.17. The molecule has 0 aliphatic heterocycles. The first-order valence-corrected chi connectivity index (χ1v) is 9.43. The van der Waals surface area contributed by atoms with Crippen LogP contribution in [-0.4, -0.2) is 25.7 Å². The van der Waals surface area contributed by atoms with Crippen LogP contribution in [-0.2, 0) is 6.54 Å². The van der Waals surface area contributed by atoms with Crippen LogP contribution in [0.15, 0.2) is 53.6 Å². The third-order valence-corrected chi connectivity index (χ3v) is 5.00. The molecule has 8 nitrogen and oxygen atoms in total. The molecule has 0 saturated heterocycles. The Hall–Kier alpha value is -4.07. The molecule has 2 aromatic heterocycles. The van der Waals surface area contributed by atoms with Gasteiger partial charge in [-0.15, -0.1) is 0 Å². The molecule has 0 unspecified atom stereocenters. The van der Waals surface area contributed by atoms with E-state index in [1.165, 1.54) is 6.33 Å². The minimum atomic E-state index is -0.126. The van der Waals surface area contributed by atoms with E-state index in [9.17, 15) is 4.79 Å². The Morgan fingerprint density at radius 3 is 2.63 bits per heavy atom. The van der Waals surface area contributed by atoms with Gasteiger partial charge in [-0.25, -0.2) is 15.0 Å². The molecule has 4 aromatic rings. The van der Waals surface area contributed by atoms with Crippen molar-refractivity contribution in [3.63, 3.8) is 0 Å². The first-order valence-electron chi connectivity index (χ1n) is 9.43. The van der Waals surface area contributed by atoms with Gasteiger partial charge in [-0.2, -0.15) is 0 Å². The molecule has 0 fully saturated rings. The molecule has 0 amide bonds. The number of nitrogens with two attached hydrogens (primary N) is 1. The zero-order valence-corrected chi connectivity index (χ0v) is 16.7. The topological polar surface area (TPSA) is 123 Å². The highest BCUT2D eigenvalue weighted by Gasteiger charge is 2.16. The van der Waals surface area contributed by atoms with Gasteiger partial charge in [-0.1, -0.05) is 30.3 Å². The SMILES string of the molecule is Cc1ccccc1-n1c(CNc2ncnc(N)c2C=N)nc2cccc(C)c2c1=O. The lowest BCUT2D eigenvalue weighted by atomic mass is 10.1. The molecule has 0 radical (unpaired) electrons. The summed E-state index contributed by atoms with van der Waals surface area (Å²) in [5, 5.41) is 11.3. The minimum absolute atomic E-state index is 0.126. The number of anilines is 2. The zero-order valence-electron chi connectivity index (χ0n) is 16.7. The van der Waals surface area contributed by atoms with E-state index in [-0.39, 0.29) is 17.9 Å². The molecule has 30 heavy (non-hydrogen) atoms. The Balaban J connectivity index is 1.90. The molecule has 2 heterocycles. The summed E-state index contributed by atoms with van der Waals surface area (Å²) in [4.78, 5) is 26.4. The summed E-state index contributed by atoms with van der Waals surface area (Å²) in [6, 6.07) is 13.3. The van der Waals surface area contributed by atoms with Gasteiger partial charge in [0.05, 0.1) is 28.7 Å². The predicted octanol–water partition coefficient (Wildman–Crippen LogP) is 2.98. The number of aryl methyl sites for hydroxylation is 2. The van der Waals surface area contributed by atoms with Gasteiger partial charge in [0.2, 0.25) is 0 Å². The van der Waals surface area contributed by atoms with E-state index in [1.54, 1.807) is 4.57 Å². The third-order valence-electron chi connectivity index (χ3n) is 5.00. The average molecular weight is 399 g/mol. The number of benzene rings is 2. The van der Waals surface area contributed by atoms with Crippen molar-refractivity contribution < 1.29 is 0 Å². The van der Waals surface area contributed by atoms with Gasteiger partial charge >= 0.3 is 0 Å². The zero-order chi connectivity index (χ0) is 21.3. The molecule has 0 aliphatic rings. The number of rotatable bonds is 5. The van der Waals surface area contributed by atoms with E-state index < -0.39 is 0 Å². The fraction of sp³-hybridized carbons (Fsp3) is 0.136. The number of nitrogens with one attached hydrogen (secondary N) is 2. The molecular weight excluding hydrogens is 378 g/mol. The Labute approximate surface area is 173 Å². The molecular formula is C22H21N7O. The average Bonchev–Trinajstić information content (AvgIpc) is 2.73. The predicted molar refractivity (Wildman–Crippen MR) is 118 cm³/mol. The van der Waals surface area contributed by atoms with E-state index in [0.717, 1.165) is 23.0 Å². The van der Waals surface area contributed by atoms with Crippen molar-refractivity contribution >= 4 is 28.8 Å². The molecule has 0 atom stereocenters. The van der Waals surface area contributed by atoms with E-state index in [4.69, 9.17) is 16.1 Å². The summed E-state index contributed by atoms with van der Waals surface area (Å²) in [6.45, 7) is 4.08. The van der Waals surface area contributed by atoms with Crippen molar-refractivity contribution in [2.45, 2.75) is 20.4 Å².